The molecular formula is C16H21N3O2. The van der Waals surface area contributed by atoms with Gasteiger partial charge in [0.2, 0.25) is 0 Å². The van der Waals surface area contributed by atoms with Crippen LogP contribution in [0.2, 0.25) is 0 Å². The van der Waals surface area contributed by atoms with Crippen LogP contribution in [0.25, 0.3) is 0 Å². The summed E-state index contributed by atoms with van der Waals surface area (Å²) >= 11 is 0. The van der Waals surface area contributed by atoms with E-state index in [0.717, 1.165) is 23.2 Å². The van der Waals surface area contributed by atoms with Gasteiger partial charge in [-0.2, -0.15) is 5.10 Å². The number of benzene rings is 1. The molecule has 1 heterocycles. The van der Waals surface area contributed by atoms with Crippen molar-refractivity contribution >= 4 is 5.91 Å². The smallest absolute Gasteiger partial charge is 0.255 e. The lowest BCUT2D eigenvalue weighted by Gasteiger charge is -2.18. The van der Waals surface area contributed by atoms with Gasteiger partial charge in [0, 0.05) is 12.3 Å². The summed E-state index contributed by atoms with van der Waals surface area (Å²) in [5.41, 5.74) is 3.53. The zero-order valence-electron chi connectivity index (χ0n) is 12.4. The van der Waals surface area contributed by atoms with E-state index in [2.05, 4.69) is 15.5 Å². The molecule has 0 saturated heterocycles. The molecule has 5 nitrogen and oxygen atoms in total. The molecule has 0 aliphatic rings. The van der Waals surface area contributed by atoms with Crippen molar-refractivity contribution in [1.82, 2.24) is 15.5 Å². The molecule has 5 heteroatoms. The van der Waals surface area contributed by atoms with Crippen molar-refractivity contribution in [1.29, 1.82) is 0 Å². The zero-order chi connectivity index (χ0) is 15.2. The Morgan fingerprint density at radius 1 is 1.38 bits per heavy atom. The molecular weight excluding hydrogens is 266 g/mol. The van der Waals surface area contributed by atoms with Gasteiger partial charge in [-0.1, -0.05) is 36.8 Å². The third kappa shape index (κ3) is 3.70. The summed E-state index contributed by atoms with van der Waals surface area (Å²) in [6.07, 6.45) is 2.74. The molecule has 0 spiro atoms. The van der Waals surface area contributed by atoms with Crippen molar-refractivity contribution in [3.63, 3.8) is 0 Å². The van der Waals surface area contributed by atoms with Crippen LogP contribution >= 0.6 is 0 Å². The number of aliphatic hydroxyl groups is 1. The molecule has 0 aliphatic carbocycles. The first-order chi connectivity index (χ1) is 10.2. The number of nitrogens with one attached hydrogen (secondary N) is 2. The molecule has 2 aromatic rings. The van der Waals surface area contributed by atoms with Crippen LogP contribution in [0.4, 0.5) is 0 Å². The van der Waals surface area contributed by atoms with Crippen LogP contribution < -0.4 is 5.32 Å². The van der Waals surface area contributed by atoms with E-state index in [4.69, 9.17) is 0 Å². The number of carbonyl (C=O) groups is 1. The Morgan fingerprint density at radius 3 is 2.71 bits per heavy atom. The summed E-state index contributed by atoms with van der Waals surface area (Å²) in [4.78, 5) is 12.4. The largest absolute Gasteiger partial charge is 0.396 e. The van der Waals surface area contributed by atoms with Crippen molar-refractivity contribution in [3.8, 4) is 0 Å². The predicted octanol–water partition coefficient (Wildman–Crippen LogP) is 2.13. The number of amides is 1. The minimum Gasteiger partial charge on any atom is -0.396 e. The second-order valence-electron chi connectivity index (χ2n) is 5.06. The Hall–Kier alpha value is -2.14. The molecule has 1 amide bonds. The molecule has 112 valence electrons. The van der Waals surface area contributed by atoms with Gasteiger partial charge in [0.1, 0.15) is 0 Å². The van der Waals surface area contributed by atoms with Gasteiger partial charge in [0.05, 0.1) is 17.8 Å². The first-order valence-corrected chi connectivity index (χ1v) is 7.16. The lowest BCUT2D eigenvalue weighted by Crippen LogP contribution is -2.29. The molecule has 0 unspecified atom stereocenters. The van der Waals surface area contributed by atoms with Crippen LogP contribution in [-0.4, -0.2) is 27.8 Å². The number of hydrogen-bond acceptors (Lipinski definition) is 3. The van der Waals surface area contributed by atoms with Gasteiger partial charge in [-0.15, -0.1) is 0 Å². The first kappa shape index (κ1) is 15.3. The highest BCUT2D eigenvalue weighted by atomic mass is 16.3. The summed E-state index contributed by atoms with van der Waals surface area (Å²) in [7, 11) is 0. The normalized spacial score (nSPS) is 12.1. The fourth-order valence-corrected chi connectivity index (χ4v) is 2.26. The summed E-state index contributed by atoms with van der Waals surface area (Å²) in [5.74, 6) is -0.167. The number of aliphatic hydroxyl groups excluding tert-OH is 1. The Labute approximate surface area is 124 Å². The second kappa shape index (κ2) is 7.04. The molecule has 0 bridgehead atoms. The van der Waals surface area contributed by atoms with Crippen LogP contribution in [0.5, 0.6) is 0 Å². The van der Waals surface area contributed by atoms with Crippen molar-refractivity contribution in [2.75, 3.05) is 6.61 Å². The monoisotopic (exact) mass is 287 g/mol. The number of aromatic amines is 1. The molecule has 2 rings (SSSR count). The van der Waals surface area contributed by atoms with Crippen molar-refractivity contribution < 1.29 is 9.90 Å². The van der Waals surface area contributed by atoms with Crippen LogP contribution in [0.15, 0.2) is 30.5 Å². The highest BCUT2D eigenvalue weighted by molar-refractivity contribution is 5.95. The molecule has 1 aromatic carbocycles. The molecule has 1 aromatic heterocycles. The van der Waals surface area contributed by atoms with Crippen LogP contribution in [0.3, 0.4) is 0 Å². The topological polar surface area (TPSA) is 78.0 Å². The summed E-state index contributed by atoms with van der Waals surface area (Å²) in [6.45, 7) is 4.00. The van der Waals surface area contributed by atoms with E-state index in [-0.39, 0.29) is 18.6 Å². The Balaban J connectivity index is 2.16. The van der Waals surface area contributed by atoms with Gasteiger partial charge in [-0.3, -0.25) is 9.89 Å². The minimum atomic E-state index is -0.206. The molecule has 3 N–H and O–H groups in total. The number of carbonyl (C=O) groups excluding carboxylic acids is 1. The summed E-state index contributed by atoms with van der Waals surface area (Å²) < 4.78 is 0. The second-order valence-corrected chi connectivity index (χ2v) is 5.06. The highest BCUT2D eigenvalue weighted by Crippen LogP contribution is 2.18. The maximum absolute atomic E-state index is 12.4. The van der Waals surface area contributed by atoms with E-state index in [1.165, 1.54) is 0 Å². The molecule has 0 aliphatic heterocycles. The van der Waals surface area contributed by atoms with E-state index >= 15 is 0 Å². The van der Waals surface area contributed by atoms with Crippen molar-refractivity contribution in [2.24, 2.45) is 0 Å². The average Bonchev–Trinajstić information content (AvgIpc) is 2.96. The van der Waals surface area contributed by atoms with Crippen LogP contribution in [-0.2, 0) is 6.42 Å². The van der Waals surface area contributed by atoms with Crippen molar-refractivity contribution in [3.05, 3.63) is 52.8 Å². The minimum absolute atomic E-state index is 0.0187. The van der Waals surface area contributed by atoms with E-state index in [1.807, 2.05) is 38.1 Å². The highest BCUT2D eigenvalue weighted by Gasteiger charge is 2.18. The van der Waals surface area contributed by atoms with Gasteiger partial charge in [-0.25, -0.2) is 0 Å². The number of aromatic nitrogens is 2. The third-order valence-corrected chi connectivity index (χ3v) is 3.52. The average molecular weight is 287 g/mol. The molecule has 1 atom stereocenters. The number of hydrogen-bond donors (Lipinski definition) is 3. The van der Waals surface area contributed by atoms with Gasteiger partial charge >= 0.3 is 0 Å². The number of H-pyrrole nitrogens is 1. The molecule has 0 radical (unpaired) electrons. The predicted molar refractivity (Wildman–Crippen MR) is 81.1 cm³/mol. The standard InChI is InChI=1S/C16H21N3O2/c1-3-14-13(10-17-19-14)16(21)18-15(8-9-20)12-6-4-11(2)5-7-12/h4-7,10,15,20H,3,8-9H2,1-2H3,(H,17,19)(H,18,21)/t15-/m1/s1. The van der Waals surface area contributed by atoms with Crippen LogP contribution in [0.1, 0.15) is 46.6 Å². The van der Waals surface area contributed by atoms with Crippen LogP contribution in [0, 0.1) is 6.92 Å². The van der Waals surface area contributed by atoms with Gasteiger partial charge in [-0.05, 0) is 25.3 Å². The maximum atomic E-state index is 12.4. The van der Waals surface area contributed by atoms with E-state index in [1.54, 1.807) is 6.20 Å². The van der Waals surface area contributed by atoms with E-state index < -0.39 is 0 Å². The van der Waals surface area contributed by atoms with Gasteiger partial charge < -0.3 is 10.4 Å². The molecule has 0 saturated carbocycles. The van der Waals surface area contributed by atoms with Crippen molar-refractivity contribution in [2.45, 2.75) is 32.7 Å². The first-order valence-electron chi connectivity index (χ1n) is 7.16. The Morgan fingerprint density at radius 2 is 2.10 bits per heavy atom. The third-order valence-electron chi connectivity index (χ3n) is 3.52. The summed E-state index contributed by atoms with van der Waals surface area (Å²) in [6, 6.07) is 7.75. The Kier molecular flexibility index (Phi) is 5.11. The lowest BCUT2D eigenvalue weighted by molar-refractivity contribution is 0.0929. The maximum Gasteiger partial charge on any atom is 0.255 e. The molecule has 21 heavy (non-hydrogen) atoms. The van der Waals surface area contributed by atoms with E-state index in [9.17, 15) is 9.90 Å². The quantitative estimate of drug-likeness (QED) is 0.761. The van der Waals surface area contributed by atoms with E-state index in [0.29, 0.717) is 12.0 Å². The summed E-state index contributed by atoms with van der Waals surface area (Å²) in [5, 5.41) is 18.9. The van der Waals surface area contributed by atoms with Gasteiger partial charge in [0.15, 0.2) is 0 Å². The van der Waals surface area contributed by atoms with Gasteiger partial charge in [0.25, 0.3) is 5.91 Å². The SMILES string of the molecule is CCc1[nH]ncc1C(=O)N[C@H](CCO)c1ccc(C)cc1. The Bertz CT molecular complexity index is 590. The number of rotatable bonds is 6. The number of aryl methyl sites for hydroxylation is 2. The fraction of sp³-hybridized carbons (Fsp3) is 0.375. The fourth-order valence-electron chi connectivity index (χ4n) is 2.26. The lowest BCUT2D eigenvalue weighted by atomic mass is 10.0. The number of nitrogens with zero attached hydrogens (tertiary/aromatic N) is 1. The zero-order valence-corrected chi connectivity index (χ0v) is 12.4. The molecule has 0 fully saturated rings.